The highest BCUT2D eigenvalue weighted by atomic mass is 35.5. The number of nitrogens with one attached hydrogen (secondary N) is 2. The smallest absolute Gasteiger partial charge is 0.257 e. The van der Waals surface area contributed by atoms with Gasteiger partial charge < -0.3 is 14.4 Å². The Hall–Kier alpha value is -3.08. The highest BCUT2D eigenvalue weighted by molar-refractivity contribution is 7.89. The summed E-state index contributed by atoms with van der Waals surface area (Å²) < 4.78 is 35.6. The van der Waals surface area contributed by atoms with E-state index >= 15 is 0 Å². The van der Waals surface area contributed by atoms with Gasteiger partial charge in [-0.2, -0.15) is 4.98 Å². The number of hydrogen-bond donors (Lipinski definition) is 2. The first-order chi connectivity index (χ1) is 14.0. The Labute approximate surface area is 172 Å². The number of anilines is 3. The molecule has 0 radical (unpaired) electrons. The minimum absolute atomic E-state index is 0.0646. The normalized spacial score (nSPS) is 12.6. The van der Waals surface area contributed by atoms with E-state index < -0.39 is 10.0 Å². The minimum atomic E-state index is -3.77. The molecule has 1 aromatic heterocycles. The average molecular weight is 434 g/mol. The summed E-state index contributed by atoms with van der Waals surface area (Å²) in [4.78, 5) is 12.5. The fourth-order valence-electron chi connectivity index (χ4n) is 2.73. The second kappa shape index (κ2) is 7.74. The molecule has 3 aromatic rings. The van der Waals surface area contributed by atoms with Crippen LogP contribution in [0.2, 0.25) is 5.02 Å². The summed E-state index contributed by atoms with van der Waals surface area (Å²) in [6.07, 6.45) is 1.49. The predicted octanol–water partition coefficient (Wildman–Crippen LogP) is 2.93. The van der Waals surface area contributed by atoms with E-state index in [0.717, 1.165) is 0 Å². The van der Waals surface area contributed by atoms with Gasteiger partial charge in [-0.3, -0.25) is 5.43 Å². The SMILES string of the molecule is CN(c1ccnc(NNS(=O)(=O)c2ccccc2)n1)c1c(Cl)ccc2c1OCO2. The summed E-state index contributed by atoms with van der Waals surface area (Å²) in [5, 5.41) is 0.453. The number of aromatic nitrogens is 2. The lowest BCUT2D eigenvalue weighted by Crippen LogP contribution is -2.30. The lowest BCUT2D eigenvalue weighted by Gasteiger charge is -2.21. The number of fused-ring (bicyclic) bond motifs is 1. The number of rotatable bonds is 6. The molecule has 1 aliphatic rings. The molecule has 0 amide bonds. The summed E-state index contributed by atoms with van der Waals surface area (Å²) in [5.74, 6) is 1.62. The number of halogens is 1. The van der Waals surface area contributed by atoms with Gasteiger partial charge in [-0.15, -0.1) is 4.83 Å². The van der Waals surface area contributed by atoms with Gasteiger partial charge in [0.25, 0.3) is 10.0 Å². The highest BCUT2D eigenvalue weighted by Crippen LogP contribution is 2.46. The van der Waals surface area contributed by atoms with Gasteiger partial charge in [-0.05, 0) is 30.3 Å². The molecule has 0 unspecified atom stereocenters. The summed E-state index contributed by atoms with van der Waals surface area (Å²) >= 11 is 6.35. The molecule has 2 heterocycles. The topological polar surface area (TPSA) is 106 Å². The summed E-state index contributed by atoms with van der Waals surface area (Å²) in [6.45, 7) is 0.106. The fourth-order valence-corrected chi connectivity index (χ4v) is 3.86. The fraction of sp³-hybridized carbons (Fsp3) is 0.111. The van der Waals surface area contributed by atoms with E-state index in [1.165, 1.54) is 18.3 Å². The van der Waals surface area contributed by atoms with Crippen molar-refractivity contribution in [3.8, 4) is 11.5 Å². The van der Waals surface area contributed by atoms with Crippen LogP contribution in [0.15, 0.2) is 59.6 Å². The molecule has 2 N–H and O–H groups in total. The van der Waals surface area contributed by atoms with Gasteiger partial charge in [-0.1, -0.05) is 29.8 Å². The molecule has 1 aliphatic heterocycles. The molecule has 0 saturated heterocycles. The summed E-state index contributed by atoms with van der Waals surface area (Å²) in [7, 11) is -2.02. The highest BCUT2D eigenvalue weighted by Gasteiger charge is 2.24. The van der Waals surface area contributed by atoms with Gasteiger partial charge in [0, 0.05) is 13.2 Å². The molecule has 0 saturated carbocycles. The largest absolute Gasteiger partial charge is 0.454 e. The van der Waals surface area contributed by atoms with Crippen molar-refractivity contribution in [2.24, 2.45) is 0 Å². The molecule has 0 fully saturated rings. The van der Waals surface area contributed by atoms with Gasteiger partial charge in [-0.25, -0.2) is 13.4 Å². The van der Waals surface area contributed by atoms with Crippen LogP contribution in [-0.4, -0.2) is 32.2 Å². The van der Waals surface area contributed by atoms with E-state index in [0.29, 0.717) is 28.0 Å². The molecule has 0 aliphatic carbocycles. The maximum Gasteiger partial charge on any atom is 0.257 e. The second-order valence-electron chi connectivity index (χ2n) is 5.97. The van der Waals surface area contributed by atoms with Crippen molar-refractivity contribution in [3.05, 3.63) is 59.8 Å². The number of ether oxygens (including phenoxy) is 2. The Morgan fingerprint density at radius 2 is 1.90 bits per heavy atom. The van der Waals surface area contributed by atoms with Crippen LogP contribution in [0.4, 0.5) is 17.5 Å². The Morgan fingerprint density at radius 3 is 2.69 bits per heavy atom. The van der Waals surface area contributed by atoms with E-state index in [1.54, 1.807) is 48.3 Å². The lowest BCUT2D eigenvalue weighted by molar-refractivity contribution is 0.174. The second-order valence-corrected chi connectivity index (χ2v) is 8.06. The zero-order valence-electron chi connectivity index (χ0n) is 15.2. The molecule has 11 heteroatoms. The Morgan fingerprint density at radius 1 is 1.10 bits per heavy atom. The molecule has 0 atom stereocenters. The van der Waals surface area contributed by atoms with Crippen molar-refractivity contribution >= 4 is 39.1 Å². The zero-order chi connectivity index (χ0) is 20.4. The average Bonchev–Trinajstić information content (AvgIpc) is 3.21. The van der Waals surface area contributed by atoms with Crippen LogP contribution in [0.5, 0.6) is 11.5 Å². The third-order valence-corrected chi connectivity index (χ3v) is 5.70. The van der Waals surface area contributed by atoms with Crippen molar-refractivity contribution in [1.29, 1.82) is 0 Å². The molecular formula is C18H16ClN5O4S. The van der Waals surface area contributed by atoms with Crippen LogP contribution in [-0.2, 0) is 10.0 Å². The van der Waals surface area contributed by atoms with Crippen LogP contribution >= 0.6 is 11.6 Å². The molecule has 0 spiro atoms. The molecule has 9 nitrogen and oxygen atoms in total. The Balaban J connectivity index is 1.56. The minimum Gasteiger partial charge on any atom is -0.454 e. The molecule has 2 aromatic carbocycles. The molecular weight excluding hydrogens is 418 g/mol. The van der Waals surface area contributed by atoms with Crippen LogP contribution in [0.3, 0.4) is 0 Å². The molecule has 150 valence electrons. The molecule has 0 bridgehead atoms. The van der Waals surface area contributed by atoms with Crippen LogP contribution in [0.25, 0.3) is 0 Å². The van der Waals surface area contributed by atoms with E-state index in [9.17, 15) is 8.42 Å². The summed E-state index contributed by atoms with van der Waals surface area (Å²) in [5.41, 5.74) is 3.10. The number of hydrogen-bond acceptors (Lipinski definition) is 8. The van der Waals surface area contributed by atoms with Crippen LogP contribution in [0, 0.1) is 0 Å². The molecule has 29 heavy (non-hydrogen) atoms. The number of benzene rings is 2. The van der Waals surface area contributed by atoms with Gasteiger partial charge >= 0.3 is 0 Å². The first-order valence-electron chi connectivity index (χ1n) is 8.43. The van der Waals surface area contributed by atoms with Crippen molar-refractivity contribution in [1.82, 2.24) is 14.8 Å². The number of hydrazine groups is 1. The molecule has 4 rings (SSSR count). The van der Waals surface area contributed by atoms with Crippen molar-refractivity contribution < 1.29 is 17.9 Å². The van der Waals surface area contributed by atoms with E-state index in [2.05, 4.69) is 20.2 Å². The maximum atomic E-state index is 12.3. The predicted molar refractivity (Wildman–Crippen MR) is 108 cm³/mol. The quantitative estimate of drug-likeness (QED) is 0.571. The van der Waals surface area contributed by atoms with Crippen LogP contribution in [0.1, 0.15) is 0 Å². The van der Waals surface area contributed by atoms with Gasteiger partial charge in [0.2, 0.25) is 12.7 Å². The van der Waals surface area contributed by atoms with Gasteiger partial charge in [0.05, 0.1) is 9.92 Å². The first kappa shape index (κ1) is 19.2. The Kier molecular flexibility index (Phi) is 5.14. The van der Waals surface area contributed by atoms with Gasteiger partial charge in [0.1, 0.15) is 11.5 Å². The lowest BCUT2D eigenvalue weighted by atomic mass is 10.2. The third kappa shape index (κ3) is 3.90. The maximum absolute atomic E-state index is 12.3. The zero-order valence-corrected chi connectivity index (χ0v) is 16.7. The van der Waals surface area contributed by atoms with Crippen molar-refractivity contribution in [2.75, 3.05) is 24.2 Å². The number of sulfonamides is 1. The van der Waals surface area contributed by atoms with E-state index in [1.807, 2.05) is 0 Å². The van der Waals surface area contributed by atoms with Crippen molar-refractivity contribution in [3.63, 3.8) is 0 Å². The third-order valence-electron chi connectivity index (χ3n) is 4.13. The van der Waals surface area contributed by atoms with E-state index in [-0.39, 0.29) is 17.6 Å². The standard InChI is InChI=1S/C18H16ClN5O4S/c1-24(16-13(19)7-8-14-17(16)28-11-27-14)15-9-10-20-18(21-15)22-23-29(25,26)12-5-3-2-4-6-12/h2-10,23H,11H2,1H3,(H,20,21,22). The van der Waals surface area contributed by atoms with Crippen molar-refractivity contribution in [2.45, 2.75) is 4.90 Å². The summed E-state index contributed by atoms with van der Waals surface area (Å²) in [6, 6.07) is 13.0. The number of nitrogens with zero attached hydrogens (tertiary/aromatic N) is 3. The first-order valence-corrected chi connectivity index (χ1v) is 10.3. The Bertz CT molecular complexity index is 1140. The monoisotopic (exact) mass is 433 g/mol. The van der Waals surface area contributed by atoms with E-state index in [4.69, 9.17) is 21.1 Å². The van der Waals surface area contributed by atoms with Gasteiger partial charge in [0.15, 0.2) is 11.5 Å². The van der Waals surface area contributed by atoms with Crippen LogP contribution < -0.4 is 24.6 Å².